The second kappa shape index (κ2) is 7.12. The summed E-state index contributed by atoms with van der Waals surface area (Å²) in [6.45, 7) is 1.14. The average Bonchev–Trinajstić information content (AvgIpc) is 2.60. The number of carbonyl (C=O) groups excluding carboxylic acids is 3. The highest BCUT2D eigenvalue weighted by Crippen LogP contribution is 2.30. The smallest absolute Gasteiger partial charge is 0.292 e. The lowest BCUT2D eigenvalue weighted by molar-refractivity contribution is -0.117. The van der Waals surface area contributed by atoms with Gasteiger partial charge in [-0.2, -0.15) is 5.10 Å². The number of fused-ring (bicyclic) bond motifs is 1. The number of thioether (sulfide) groups is 1. The van der Waals surface area contributed by atoms with Crippen LogP contribution in [-0.2, 0) is 16.1 Å². The molecule has 0 radical (unpaired) electrons. The molecule has 1 N–H and O–H groups in total. The summed E-state index contributed by atoms with van der Waals surface area (Å²) in [5.41, 5.74) is 0.659. The van der Waals surface area contributed by atoms with Gasteiger partial charge in [0.05, 0.1) is 16.8 Å². The molecule has 2 amide bonds. The molecule has 26 heavy (non-hydrogen) atoms. The van der Waals surface area contributed by atoms with E-state index in [1.807, 2.05) is 0 Å². The summed E-state index contributed by atoms with van der Waals surface area (Å²) >= 11 is 1.25. The molecule has 2 aromatic rings. The molecule has 9 heteroatoms. The molecule has 8 nitrogen and oxygen atoms in total. The van der Waals surface area contributed by atoms with Crippen molar-refractivity contribution in [3.8, 4) is 0 Å². The van der Waals surface area contributed by atoms with Crippen molar-refractivity contribution in [3.05, 3.63) is 46.4 Å². The molecule has 0 aliphatic carbocycles. The molecular formula is C17H16N4O4S. The highest BCUT2D eigenvalue weighted by atomic mass is 32.2. The van der Waals surface area contributed by atoms with Crippen molar-refractivity contribution < 1.29 is 14.4 Å². The van der Waals surface area contributed by atoms with Gasteiger partial charge in [0, 0.05) is 18.3 Å². The third-order valence-corrected chi connectivity index (χ3v) is 4.89. The van der Waals surface area contributed by atoms with Crippen LogP contribution in [0, 0.1) is 0 Å². The lowest BCUT2D eigenvalue weighted by Crippen LogP contribution is -2.40. The van der Waals surface area contributed by atoms with Crippen molar-refractivity contribution in [2.24, 2.45) is 0 Å². The van der Waals surface area contributed by atoms with Crippen LogP contribution in [0.15, 0.2) is 40.2 Å². The Bertz CT molecular complexity index is 969. The second-order valence-corrected chi connectivity index (χ2v) is 6.76. The SMILES string of the molecule is CC(=O)c1cccc(NC(=O)Cn2ncc3c(c2=O)N(C)C(=O)CS3)c1. The van der Waals surface area contributed by atoms with Crippen LogP contribution in [0.25, 0.3) is 0 Å². The third-order valence-electron chi connectivity index (χ3n) is 3.89. The normalized spacial score (nSPS) is 13.3. The molecule has 134 valence electrons. The number of aromatic nitrogens is 2. The standard InChI is InChI=1S/C17H16N4O4S/c1-10(22)11-4-3-5-12(6-11)19-14(23)8-21-17(25)16-13(7-18-21)26-9-15(24)20(16)2/h3-7H,8-9H2,1-2H3,(H,19,23). The molecular weight excluding hydrogens is 356 g/mol. The number of hydrogen-bond acceptors (Lipinski definition) is 6. The van der Waals surface area contributed by atoms with Gasteiger partial charge in [-0.3, -0.25) is 19.2 Å². The van der Waals surface area contributed by atoms with E-state index in [-0.39, 0.29) is 29.7 Å². The van der Waals surface area contributed by atoms with E-state index in [2.05, 4.69) is 10.4 Å². The minimum absolute atomic E-state index is 0.112. The Morgan fingerprint density at radius 1 is 1.31 bits per heavy atom. The monoisotopic (exact) mass is 372 g/mol. The molecule has 0 spiro atoms. The van der Waals surface area contributed by atoms with Crippen LogP contribution >= 0.6 is 11.8 Å². The molecule has 1 aliphatic heterocycles. The Kier molecular flexibility index (Phi) is 4.90. The Morgan fingerprint density at radius 3 is 2.81 bits per heavy atom. The van der Waals surface area contributed by atoms with Gasteiger partial charge in [-0.1, -0.05) is 12.1 Å². The lowest BCUT2D eigenvalue weighted by atomic mass is 10.1. The first kappa shape index (κ1) is 17.9. The number of nitrogens with zero attached hydrogens (tertiary/aromatic N) is 3. The molecule has 0 unspecified atom stereocenters. The summed E-state index contributed by atoms with van der Waals surface area (Å²) in [6, 6.07) is 6.52. The van der Waals surface area contributed by atoms with Crippen LogP contribution in [0.1, 0.15) is 17.3 Å². The quantitative estimate of drug-likeness (QED) is 0.808. The van der Waals surface area contributed by atoms with E-state index in [1.165, 1.54) is 36.8 Å². The summed E-state index contributed by atoms with van der Waals surface area (Å²) < 4.78 is 1.01. The fourth-order valence-corrected chi connectivity index (χ4v) is 3.46. The zero-order valence-electron chi connectivity index (χ0n) is 14.2. The first-order chi connectivity index (χ1) is 12.4. The van der Waals surface area contributed by atoms with Crippen molar-refractivity contribution in [3.63, 3.8) is 0 Å². The van der Waals surface area contributed by atoms with Gasteiger partial charge >= 0.3 is 0 Å². The molecule has 1 aromatic heterocycles. The van der Waals surface area contributed by atoms with Crippen LogP contribution in [0.5, 0.6) is 0 Å². The Balaban J connectivity index is 1.80. The van der Waals surface area contributed by atoms with Crippen LogP contribution in [-0.4, -0.2) is 40.2 Å². The number of Topliss-reactive ketones (excluding diaryl/α,β-unsaturated/α-hetero) is 1. The summed E-state index contributed by atoms with van der Waals surface area (Å²) in [5.74, 6) is -0.499. The predicted molar refractivity (Wildman–Crippen MR) is 97.7 cm³/mol. The molecule has 0 saturated carbocycles. The van der Waals surface area contributed by atoms with Crippen LogP contribution in [0.3, 0.4) is 0 Å². The topological polar surface area (TPSA) is 101 Å². The van der Waals surface area contributed by atoms with Gasteiger partial charge in [0.1, 0.15) is 12.2 Å². The zero-order chi connectivity index (χ0) is 18.8. The summed E-state index contributed by atoms with van der Waals surface area (Å²) in [4.78, 5) is 49.9. The first-order valence-electron chi connectivity index (χ1n) is 7.77. The number of nitrogens with one attached hydrogen (secondary N) is 1. The lowest BCUT2D eigenvalue weighted by Gasteiger charge is -2.24. The van der Waals surface area contributed by atoms with Crippen molar-refractivity contribution in [2.75, 3.05) is 23.0 Å². The zero-order valence-corrected chi connectivity index (χ0v) is 15.0. The fraction of sp³-hybridized carbons (Fsp3) is 0.235. The summed E-state index contributed by atoms with van der Waals surface area (Å²) in [7, 11) is 1.53. The Morgan fingerprint density at radius 2 is 2.08 bits per heavy atom. The molecule has 3 rings (SSSR count). The van der Waals surface area contributed by atoms with E-state index in [9.17, 15) is 19.2 Å². The summed E-state index contributed by atoms with van der Waals surface area (Å²) in [6.07, 6.45) is 1.48. The largest absolute Gasteiger partial charge is 0.324 e. The number of anilines is 2. The minimum atomic E-state index is -0.502. The molecule has 1 aromatic carbocycles. The van der Waals surface area contributed by atoms with Gasteiger partial charge in [-0.05, 0) is 19.1 Å². The first-order valence-corrected chi connectivity index (χ1v) is 8.75. The maximum Gasteiger partial charge on any atom is 0.292 e. The maximum atomic E-state index is 12.6. The van der Waals surface area contributed by atoms with Gasteiger partial charge in [-0.25, -0.2) is 4.68 Å². The molecule has 1 aliphatic rings. The van der Waals surface area contributed by atoms with Crippen molar-refractivity contribution in [2.45, 2.75) is 18.4 Å². The fourth-order valence-electron chi connectivity index (χ4n) is 2.50. The number of carbonyl (C=O) groups is 3. The van der Waals surface area contributed by atoms with Gasteiger partial charge in [0.15, 0.2) is 5.78 Å². The number of rotatable bonds is 4. The van der Waals surface area contributed by atoms with E-state index in [0.717, 1.165) is 4.68 Å². The molecule has 0 atom stereocenters. The van der Waals surface area contributed by atoms with Crippen molar-refractivity contribution in [1.29, 1.82) is 0 Å². The van der Waals surface area contributed by atoms with Gasteiger partial charge < -0.3 is 10.2 Å². The van der Waals surface area contributed by atoms with E-state index >= 15 is 0 Å². The molecule has 0 fully saturated rings. The second-order valence-electron chi connectivity index (χ2n) is 5.75. The molecule has 2 heterocycles. The third kappa shape index (κ3) is 3.52. The Hall–Kier alpha value is -2.94. The van der Waals surface area contributed by atoms with E-state index in [4.69, 9.17) is 0 Å². The molecule has 0 bridgehead atoms. The number of benzene rings is 1. The van der Waals surface area contributed by atoms with Crippen LogP contribution in [0.4, 0.5) is 11.4 Å². The average molecular weight is 372 g/mol. The van der Waals surface area contributed by atoms with Crippen molar-refractivity contribution >= 4 is 40.7 Å². The number of amides is 2. The van der Waals surface area contributed by atoms with Crippen molar-refractivity contribution in [1.82, 2.24) is 9.78 Å². The van der Waals surface area contributed by atoms with E-state index in [1.54, 1.807) is 24.3 Å². The van der Waals surface area contributed by atoms with E-state index in [0.29, 0.717) is 16.1 Å². The number of hydrogen-bond donors (Lipinski definition) is 1. The number of ketones is 1. The van der Waals surface area contributed by atoms with Gasteiger partial charge in [-0.15, -0.1) is 11.8 Å². The van der Waals surface area contributed by atoms with E-state index < -0.39 is 11.5 Å². The van der Waals surface area contributed by atoms with Gasteiger partial charge in [0.2, 0.25) is 11.8 Å². The summed E-state index contributed by atoms with van der Waals surface area (Å²) in [5, 5.41) is 6.65. The highest BCUT2D eigenvalue weighted by molar-refractivity contribution is 8.00. The minimum Gasteiger partial charge on any atom is -0.324 e. The highest BCUT2D eigenvalue weighted by Gasteiger charge is 2.26. The maximum absolute atomic E-state index is 12.6. The van der Waals surface area contributed by atoms with Gasteiger partial charge in [0.25, 0.3) is 5.56 Å². The Labute approximate surface area is 153 Å². The molecule has 0 saturated heterocycles. The van der Waals surface area contributed by atoms with Crippen LogP contribution in [0.2, 0.25) is 0 Å². The van der Waals surface area contributed by atoms with Crippen LogP contribution < -0.4 is 15.8 Å². The predicted octanol–water partition coefficient (Wildman–Crippen LogP) is 1.15.